The van der Waals surface area contributed by atoms with Crippen LogP contribution in [0.1, 0.15) is 45.4 Å². The van der Waals surface area contributed by atoms with Crippen LogP contribution in [0.3, 0.4) is 0 Å². The topological polar surface area (TPSA) is 73.2 Å². The first kappa shape index (κ1) is 14.5. The Morgan fingerprint density at radius 3 is 2.61 bits per heavy atom. The molecule has 0 heterocycles. The smallest absolute Gasteiger partial charge is 0.171 e. The van der Waals surface area contributed by atoms with Crippen LogP contribution in [-0.2, 0) is 0 Å². The summed E-state index contributed by atoms with van der Waals surface area (Å²) >= 11 is 0. The second-order valence-corrected chi connectivity index (χ2v) is 4.47. The van der Waals surface area contributed by atoms with Crippen molar-refractivity contribution in [2.24, 2.45) is 5.11 Å². The van der Waals surface area contributed by atoms with Gasteiger partial charge in [-0.2, -0.15) is 5.53 Å². The number of hydrogen-bond donors (Lipinski definition) is 2. The van der Waals surface area contributed by atoms with Crippen LogP contribution in [0.4, 0.5) is 11.4 Å². The standard InChI is InChI=1S/C14H23N3O/c1-2-3-4-5-6-7-10-18-14-11-12(15)8-9-13(14)17-16/h8-9,11,16H,2-7,10,15H2,1H3/p+1. The fourth-order valence-electron chi connectivity index (χ4n) is 1.82. The molecule has 0 saturated heterocycles. The highest BCUT2D eigenvalue weighted by molar-refractivity contribution is 5.58. The van der Waals surface area contributed by atoms with E-state index in [1.165, 1.54) is 32.1 Å². The number of anilines is 1. The zero-order valence-electron chi connectivity index (χ0n) is 11.2. The van der Waals surface area contributed by atoms with Crippen molar-refractivity contribution in [3.8, 4) is 5.75 Å². The maximum atomic E-state index is 5.70. The lowest BCUT2D eigenvalue weighted by atomic mass is 10.1. The molecule has 4 heteroatoms. The van der Waals surface area contributed by atoms with E-state index < -0.39 is 0 Å². The molecule has 0 spiro atoms. The second kappa shape index (κ2) is 8.50. The lowest BCUT2D eigenvalue weighted by Crippen LogP contribution is -2.22. The summed E-state index contributed by atoms with van der Waals surface area (Å²) in [6.07, 6.45) is 7.47. The molecule has 1 aromatic rings. The Labute approximate surface area is 109 Å². The van der Waals surface area contributed by atoms with Gasteiger partial charge in [0.2, 0.25) is 0 Å². The molecule has 0 aliphatic carbocycles. The van der Waals surface area contributed by atoms with Crippen LogP contribution < -0.4 is 16.0 Å². The second-order valence-electron chi connectivity index (χ2n) is 4.47. The van der Waals surface area contributed by atoms with Gasteiger partial charge in [-0.15, -0.1) is 0 Å². The van der Waals surface area contributed by atoms with Crippen LogP contribution in [0.25, 0.3) is 0 Å². The molecule has 4 N–H and O–H groups in total. The van der Waals surface area contributed by atoms with Crippen LogP contribution in [-0.4, -0.2) is 6.61 Å². The van der Waals surface area contributed by atoms with Gasteiger partial charge in [-0.3, -0.25) is 0 Å². The SMILES string of the molecule is CCCCCCCCOc1cc(N)ccc1N=[NH2+]. The molecular formula is C14H24N3O+. The number of ether oxygens (including phenoxy) is 1. The number of rotatable bonds is 9. The molecule has 0 fully saturated rings. The molecule has 0 unspecified atom stereocenters. The molecular weight excluding hydrogens is 226 g/mol. The van der Waals surface area contributed by atoms with E-state index >= 15 is 0 Å². The minimum atomic E-state index is 0.648. The molecule has 1 rings (SSSR count). The van der Waals surface area contributed by atoms with Crippen LogP contribution in [0.5, 0.6) is 5.75 Å². The number of hydrogen-bond acceptors (Lipinski definition) is 3. The Morgan fingerprint density at radius 1 is 1.17 bits per heavy atom. The third-order valence-corrected chi connectivity index (χ3v) is 2.88. The van der Waals surface area contributed by atoms with Crippen molar-refractivity contribution in [2.45, 2.75) is 45.4 Å². The Balaban J connectivity index is 2.26. The van der Waals surface area contributed by atoms with Crippen molar-refractivity contribution in [3.63, 3.8) is 0 Å². The van der Waals surface area contributed by atoms with E-state index in [1.54, 1.807) is 18.2 Å². The maximum Gasteiger partial charge on any atom is 0.171 e. The van der Waals surface area contributed by atoms with Crippen molar-refractivity contribution in [3.05, 3.63) is 18.2 Å². The number of unbranched alkanes of at least 4 members (excludes halogenated alkanes) is 5. The molecule has 0 bridgehead atoms. The van der Waals surface area contributed by atoms with Crippen molar-refractivity contribution >= 4 is 11.4 Å². The van der Waals surface area contributed by atoms with Gasteiger partial charge in [0.15, 0.2) is 11.4 Å². The molecule has 4 nitrogen and oxygen atoms in total. The number of nitrogens with zero attached hydrogens (tertiary/aromatic N) is 1. The fraction of sp³-hybridized carbons (Fsp3) is 0.571. The largest absolute Gasteiger partial charge is 0.491 e. The van der Waals surface area contributed by atoms with E-state index in [0.717, 1.165) is 6.42 Å². The Morgan fingerprint density at radius 2 is 1.89 bits per heavy atom. The minimum absolute atomic E-state index is 0.648. The average Bonchev–Trinajstić information content (AvgIpc) is 2.38. The van der Waals surface area contributed by atoms with E-state index in [9.17, 15) is 0 Å². The molecule has 0 aromatic heterocycles. The predicted molar refractivity (Wildman–Crippen MR) is 73.7 cm³/mol. The summed E-state index contributed by atoms with van der Waals surface area (Å²) in [5.74, 6) is 0.672. The van der Waals surface area contributed by atoms with Gasteiger partial charge >= 0.3 is 0 Å². The predicted octanol–water partition coefficient (Wildman–Crippen LogP) is 2.85. The van der Waals surface area contributed by atoms with Crippen molar-refractivity contribution < 1.29 is 10.3 Å². The van der Waals surface area contributed by atoms with Crippen molar-refractivity contribution in [2.75, 3.05) is 12.3 Å². The van der Waals surface area contributed by atoms with E-state index in [2.05, 4.69) is 12.0 Å². The van der Waals surface area contributed by atoms with E-state index in [4.69, 9.17) is 16.0 Å². The van der Waals surface area contributed by atoms with Gasteiger partial charge < -0.3 is 10.5 Å². The molecule has 0 saturated carbocycles. The van der Waals surface area contributed by atoms with Gasteiger partial charge in [-0.1, -0.05) is 39.0 Å². The summed E-state index contributed by atoms with van der Waals surface area (Å²) in [6.45, 7) is 2.92. The lowest BCUT2D eigenvalue weighted by Gasteiger charge is -2.07. The van der Waals surface area contributed by atoms with Gasteiger partial charge in [-0.05, 0) is 23.7 Å². The summed E-state index contributed by atoms with van der Waals surface area (Å²) in [6, 6.07) is 5.30. The molecule has 0 aliphatic rings. The summed E-state index contributed by atoms with van der Waals surface area (Å²) < 4.78 is 5.66. The van der Waals surface area contributed by atoms with Gasteiger partial charge in [0.1, 0.15) is 0 Å². The highest BCUT2D eigenvalue weighted by Crippen LogP contribution is 2.28. The van der Waals surface area contributed by atoms with Gasteiger partial charge in [0, 0.05) is 11.8 Å². The number of nitrogen functional groups attached to an aromatic ring is 1. The summed E-state index contributed by atoms with van der Waals surface area (Å²) in [7, 11) is 0. The average molecular weight is 250 g/mol. The van der Waals surface area contributed by atoms with Crippen molar-refractivity contribution in [1.82, 2.24) is 0 Å². The highest BCUT2D eigenvalue weighted by Gasteiger charge is 2.05. The lowest BCUT2D eigenvalue weighted by molar-refractivity contribution is -0.210. The minimum Gasteiger partial charge on any atom is -0.491 e. The zero-order chi connectivity index (χ0) is 13.2. The summed E-state index contributed by atoms with van der Waals surface area (Å²) in [4.78, 5) is 0. The highest BCUT2D eigenvalue weighted by atomic mass is 16.5. The normalized spacial score (nSPS) is 10.3. The quantitative estimate of drug-likeness (QED) is 0.402. The third-order valence-electron chi connectivity index (χ3n) is 2.88. The first-order chi connectivity index (χ1) is 8.77. The molecule has 0 atom stereocenters. The van der Waals surface area contributed by atoms with Crippen LogP contribution in [0.15, 0.2) is 23.3 Å². The summed E-state index contributed by atoms with van der Waals surface area (Å²) in [5, 5.41) is 3.67. The van der Waals surface area contributed by atoms with E-state index in [-0.39, 0.29) is 0 Å². The van der Waals surface area contributed by atoms with E-state index in [1.807, 2.05) is 0 Å². The summed E-state index contributed by atoms with van der Waals surface area (Å²) in [5.41, 5.74) is 12.3. The Bertz CT molecular complexity index is 366. The zero-order valence-corrected chi connectivity index (χ0v) is 11.2. The van der Waals surface area contributed by atoms with Crippen molar-refractivity contribution in [1.29, 1.82) is 0 Å². The van der Waals surface area contributed by atoms with Crippen LogP contribution in [0, 0.1) is 0 Å². The van der Waals surface area contributed by atoms with Crippen LogP contribution >= 0.6 is 0 Å². The monoisotopic (exact) mass is 250 g/mol. The first-order valence-corrected chi connectivity index (χ1v) is 6.71. The van der Waals surface area contributed by atoms with Crippen LogP contribution in [0.2, 0.25) is 0 Å². The van der Waals surface area contributed by atoms with Gasteiger partial charge in [-0.25, -0.2) is 0 Å². The number of nitrogens with two attached hydrogens (primary N) is 2. The third kappa shape index (κ3) is 5.17. The maximum absolute atomic E-state index is 5.70. The van der Waals surface area contributed by atoms with Gasteiger partial charge in [0.25, 0.3) is 0 Å². The Kier molecular flexibility index (Phi) is 6.84. The molecule has 0 aliphatic heterocycles. The first-order valence-electron chi connectivity index (χ1n) is 6.71. The number of benzene rings is 1. The molecule has 100 valence electrons. The van der Waals surface area contributed by atoms with Gasteiger partial charge in [0.05, 0.1) is 6.61 Å². The fourth-order valence-corrected chi connectivity index (χ4v) is 1.82. The Hall–Kier alpha value is -1.58. The molecule has 1 aromatic carbocycles. The molecule has 0 radical (unpaired) electrons. The molecule has 0 amide bonds. The molecule has 18 heavy (non-hydrogen) atoms. The van der Waals surface area contributed by atoms with E-state index in [0.29, 0.717) is 23.7 Å².